The van der Waals surface area contributed by atoms with E-state index in [1.54, 1.807) is 18.2 Å². The Labute approximate surface area is 150 Å². The van der Waals surface area contributed by atoms with Gasteiger partial charge < -0.3 is 4.90 Å². The highest BCUT2D eigenvalue weighted by molar-refractivity contribution is 7.92. The number of nitrogens with one attached hydrogen (secondary N) is 1. The summed E-state index contributed by atoms with van der Waals surface area (Å²) in [6.07, 6.45) is -2.52. The molecule has 140 valence electrons. The quantitative estimate of drug-likeness (QED) is 0.849. The van der Waals surface area contributed by atoms with Crippen LogP contribution in [0.4, 0.5) is 24.5 Å². The van der Waals surface area contributed by atoms with Crippen LogP contribution in [0.3, 0.4) is 0 Å². The molecule has 0 saturated carbocycles. The normalized spacial score (nSPS) is 15.3. The molecule has 1 N–H and O–H groups in total. The van der Waals surface area contributed by atoms with Gasteiger partial charge >= 0.3 is 6.18 Å². The maximum absolute atomic E-state index is 13.1. The minimum Gasteiger partial charge on any atom is -0.371 e. The average Bonchev–Trinajstić information content (AvgIpc) is 3.08. The van der Waals surface area contributed by atoms with Crippen molar-refractivity contribution in [2.45, 2.75) is 30.8 Å². The molecule has 1 saturated heterocycles. The second-order valence-electron chi connectivity index (χ2n) is 6.29. The van der Waals surface area contributed by atoms with Crippen LogP contribution in [0.15, 0.2) is 47.4 Å². The van der Waals surface area contributed by atoms with Crippen molar-refractivity contribution in [3.8, 4) is 0 Å². The third-order valence-electron chi connectivity index (χ3n) is 4.38. The van der Waals surface area contributed by atoms with Crippen LogP contribution >= 0.6 is 0 Å². The second kappa shape index (κ2) is 6.83. The number of halogens is 3. The van der Waals surface area contributed by atoms with Crippen molar-refractivity contribution in [1.29, 1.82) is 0 Å². The van der Waals surface area contributed by atoms with Gasteiger partial charge in [-0.05, 0) is 55.7 Å². The van der Waals surface area contributed by atoms with Crippen molar-refractivity contribution in [2.24, 2.45) is 0 Å². The van der Waals surface area contributed by atoms with E-state index in [-0.39, 0.29) is 5.69 Å². The molecule has 4 nitrogen and oxygen atoms in total. The van der Waals surface area contributed by atoms with Crippen LogP contribution in [-0.4, -0.2) is 21.5 Å². The van der Waals surface area contributed by atoms with E-state index >= 15 is 0 Å². The van der Waals surface area contributed by atoms with Crippen LogP contribution < -0.4 is 9.62 Å². The molecule has 0 unspecified atom stereocenters. The molecule has 0 aromatic heterocycles. The SMILES string of the molecule is Cc1cc(NS(=O)(=O)c2ccccc2C(F)(F)F)ccc1N1CCCC1. The Morgan fingerprint density at radius 2 is 1.69 bits per heavy atom. The van der Waals surface area contributed by atoms with Crippen LogP contribution in [0.1, 0.15) is 24.0 Å². The average molecular weight is 384 g/mol. The number of aryl methyl sites for hydroxylation is 1. The summed E-state index contributed by atoms with van der Waals surface area (Å²) in [5.41, 5.74) is 0.942. The number of alkyl halides is 3. The number of rotatable bonds is 4. The molecule has 0 radical (unpaired) electrons. The van der Waals surface area contributed by atoms with Crippen LogP contribution in [-0.2, 0) is 16.2 Å². The zero-order valence-corrected chi connectivity index (χ0v) is 15.0. The summed E-state index contributed by atoms with van der Waals surface area (Å²) in [7, 11) is -4.36. The van der Waals surface area contributed by atoms with Gasteiger partial charge in [-0.3, -0.25) is 4.72 Å². The highest BCUT2D eigenvalue weighted by atomic mass is 32.2. The second-order valence-corrected chi connectivity index (χ2v) is 7.95. The Morgan fingerprint density at radius 3 is 2.31 bits per heavy atom. The van der Waals surface area contributed by atoms with Gasteiger partial charge in [-0.25, -0.2) is 8.42 Å². The molecule has 0 aliphatic carbocycles. The summed E-state index contributed by atoms with van der Waals surface area (Å²) in [6.45, 7) is 3.75. The smallest absolute Gasteiger partial charge is 0.371 e. The molecule has 1 aliphatic rings. The molecule has 0 bridgehead atoms. The van der Waals surface area contributed by atoms with E-state index in [4.69, 9.17) is 0 Å². The summed E-state index contributed by atoms with van der Waals surface area (Å²) in [6, 6.07) is 9.17. The molecular weight excluding hydrogens is 365 g/mol. The van der Waals surface area contributed by atoms with Crippen molar-refractivity contribution >= 4 is 21.4 Å². The molecule has 1 fully saturated rings. The van der Waals surface area contributed by atoms with Crippen molar-refractivity contribution < 1.29 is 21.6 Å². The fraction of sp³-hybridized carbons (Fsp3) is 0.333. The molecule has 8 heteroatoms. The number of nitrogens with zero attached hydrogens (tertiary/aromatic N) is 1. The third-order valence-corrected chi connectivity index (χ3v) is 5.82. The Kier molecular flexibility index (Phi) is 4.88. The molecular formula is C18H19F3N2O2S. The van der Waals surface area contributed by atoms with E-state index in [0.717, 1.165) is 55.4 Å². The Balaban J connectivity index is 1.90. The van der Waals surface area contributed by atoms with Gasteiger partial charge in [-0.1, -0.05) is 12.1 Å². The summed E-state index contributed by atoms with van der Waals surface area (Å²) in [4.78, 5) is 1.43. The highest BCUT2D eigenvalue weighted by Crippen LogP contribution is 2.35. The molecule has 1 aliphatic heterocycles. The monoisotopic (exact) mass is 384 g/mol. The number of hydrogen-bond donors (Lipinski definition) is 1. The molecule has 1 heterocycles. The molecule has 0 amide bonds. The lowest BCUT2D eigenvalue weighted by atomic mass is 10.1. The summed E-state index contributed by atoms with van der Waals surface area (Å²) < 4.78 is 66.6. The molecule has 2 aromatic carbocycles. The lowest BCUT2D eigenvalue weighted by molar-refractivity contribution is -0.139. The first-order valence-corrected chi connectivity index (χ1v) is 9.71. The van der Waals surface area contributed by atoms with E-state index in [0.29, 0.717) is 0 Å². The highest BCUT2D eigenvalue weighted by Gasteiger charge is 2.36. The summed E-state index contributed by atoms with van der Waals surface area (Å²) in [5, 5.41) is 0. The predicted molar refractivity (Wildman–Crippen MR) is 94.9 cm³/mol. The van der Waals surface area contributed by atoms with Gasteiger partial charge in [0.05, 0.1) is 10.5 Å². The lowest BCUT2D eigenvalue weighted by Crippen LogP contribution is -2.20. The summed E-state index contributed by atoms with van der Waals surface area (Å²) >= 11 is 0. The van der Waals surface area contributed by atoms with Gasteiger partial charge in [0.25, 0.3) is 10.0 Å². The van der Waals surface area contributed by atoms with E-state index in [1.165, 1.54) is 6.07 Å². The van der Waals surface area contributed by atoms with Gasteiger partial charge in [0.2, 0.25) is 0 Å². The fourth-order valence-electron chi connectivity index (χ4n) is 3.18. The first-order chi connectivity index (χ1) is 12.2. The maximum atomic E-state index is 13.1. The van der Waals surface area contributed by atoms with Crippen LogP contribution in [0.5, 0.6) is 0 Å². The predicted octanol–water partition coefficient (Wildman–Crippen LogP) is 4.41. The largest absolute Gasteiger partial charge is 0.417 e. The number of benzene rings is 2. The van der Waals surface area contributed by atoms with Gasteiger partial charge in [0, 0.05) is 24.5 Å². The van der Waals surface area contributed by atoms with Gasteiger partial charge in [-0.15, -0.1) is 0 Å². The molecule has 0 spiro atoms. The molecule has 0 atom stereocenters. The zero-order valence-electron chi connectivity index (χ0n) is 14.2. The van der Waals surface area contributed by atoms with Gasteiger partial charge in [0.15, 0.2) is 0 Å². The van der Waals surface area contributed by atoms with Crippen LogP contribution in [0.2, 0.25) is 0 Å². The van der Waals surface area contributed by atoms with Gasteiger partial charge in [-0.2, -0.15) is 13.2 Å². The van der Waals surface area contributed by atoms with Crippen molar-refractivity contribution in [3.63, 3.8) is 0 Å². The minimum absolute atomic E-state index is 0.238. The van der Waals surface area contributed by atoms with E-state index < -0.39 is 26.7 Å². The van der Waals surface area contributed by atoms with E-state index in [9.17, 15) is 21.6 Å². The molecule has 26 heavy (non-hydrogen) atoms. The zero-order chi connectivity index (χ0) is 18.9. The summed E-state index contributed by atoms with van der Waals surface area (Å²) in [5.74, 6) is 0. The molecule has 2 aromatic rings. The lowest BCUT2D eigenvalue weighted by Gasteiger charge is -2.21. The number of sulfonamides is 1. The third kappa shape index (κ3) is 3.80. The number of anilines is 2. The van der Waals surface area contributed by atoms with Crippen molar-refractivity contribution in [2.75, 3.05) is 22.7 Å². The first-order valence-electron chi connectivity index (χ1n) is 8.23. The van der Waals surface area contributed by atoms with Crippen molar-refractivity contribution in [3.05, 3.63) is 53.6 Å². The van der Waals surface area contributed by atoms with Crippen LogP contribution in [0, 0.1) is 6.92 Å². The topological polar surface area (TPSA) is 49.4 Å². The molecule has 3 rings (SSSR count). The Morgan fingerprint density at radius 1 is 1.04 bits per heavy atom. The Hall–Kier alpha value is -2.22. The standard InChI is InChI=1S/C18H19F3N2O2S/c1-13-12-14(8-9-16(13)23-10-4-5-11-23)22-26(24,25)17-7-3-2-6-15(17)18(19,20)21/h2-3,6-9,12,22H,4-5,10-11H2,1H3. The minimum atomic E-state index is -4.75. The number of hydrogen-bond acceptors (Lipinski definition) is 3. The van der Waals surface area contributed by atoms with Gasteiger partial charge in [0.1, 0.15) is 0 Å². The van der Waals surface area contributed by atoms with Crippen LogP contribution in [0.25, 0.3) is 0 Å². The first kappa shape index (κ1) is 18.6. The van der Waals surface area contributed by atoms with E-state index in [2.05, 4.69) is 9.62 Å². The van der Waals surface area contributed by atoms with E-state index in [1.807, 2.05) is 6.92 Å². The fourth-order valence-corrected chi connectivity index (χ4v) is 4.46. The Bertz CT molecular complexity index is 905. The van der Waals surface area contributed by atoms with Crippen molar-refractivity contribution in [1.82, 2.24) is 0 Å². The maximum Gasteiger partial charge on any atom is 0.417 e.